The largest absolute Gasteiger partial charge is 0.307 e. The predicted molar refractivity (Wildman–Crippen MR) is 69.8 cm³/mol. The van der Waals surface area contributed by atoms with E-state index in [-0.39, 0.29) is 12.5 Å². The number of benzene rings is 1. The van der Waals surface area contributed by atoms with Crippen LogP contribution in [-0.4, -0.2) is 30.9 Å². The third-order valence-corrected chi connectivity index (χ3v) is 2.79. The van der Waals surface area contributed by atoms with Crippen molar-refractivity contribution in [2.24, 2.45) is 0 Å². The zero-order chi connectivity index (χ0) is 13.2. The lowest BCUT2D eigenvalue weighted by atomic mass is 10.2. The minimum Gasteiger partial charge on any atom is -0.307 e. The zero-order valence-corrected chi connectivity index (χ0v) is 10.4. The second kappa shape index (κ2) is 4.69. The molecule has 0 spiro atoms. The van der Waals surface area contributed by atoms with E-state index in [0.29, 0.717) is 10.8 Å². The van der Waals surface area contributed by atoms with Gasteiger partial charge in [-0.1, -0.05) is 11.6 Å². The lowest BCUT2D eigenvalue weighted by Gasteiger charge is -2.02. The Balaban J connectivity index is 1.79. The van der Waals surface area contributed by atoms with Crippen molar-refractivity contribution >= 4 is 34.2 Å². The summed E-state index contributed by atoms with van der Waals surface area (Å²) in [5, 5.41) is 14.8. The topological polar surface area (TPSA) is 88.5 Å². The average Bonchev–Trinajstić information content (AvgIpc) is 2.99. The molecule has 8 heteroatoms. The van der Waals surface area contributed by atoms with Gasteiger partial charge in [-0.15, -0.1) is 0 Å². The smallest absolute Gasteiger partial charge is 0.247 e. The van der Waals surface area contributed by atoms with Crippen molar-refractivity contribution in [2.45, 2.75) is 6.54 Å². The van der Waals surface area contributed by atoms with Crippen LogP contribution in [0.1, 0.15) is 0 Å². The number of amides is 1. The fourth-order valence-corrected chi connectivity index (χ4v) is 1.89. The van der Waals surface area contributed by atoms with Gasteiger partial charge < -0.3 is 5.32 Å². The molecule has 1 amide bonds. The van der Waals surface area contributed by atoms with E-state index in [4.69, 9.17) is 11.6 Å². The maximum atomic E-state index is 11.8. The lowest BCUT2D eigenvalue weighted by Crippen LogP contribution is -2.19. The first-order valence-corrected chi connectivity index (χ1v) is 5.86. The van der Waals surface area contributed by atoms with Gasteiger partial charge in [0.15, 0.2) is 5.82 Å². The normalized spacial score (nSPS) is 10.8. The van der Waals surface area contributed by atoms with Crippen LogP contribution in [0.4, 0.5) is 5.82 Å². The molecule has 3 rings (SSSR count). The summed E-state index contributed by atoms with van der Waals surface area (Å²) >= 11 is 5.87. The van der Waals surface area contributed by atoms with Gasteiger partial charge in [0, 0.05) is 10.4 Å². The monoisotopic (exact) mass is 276 g/mol. The van der Waals surface area contributed by atoms with E-state index in [1.165, 1.54) is 17.3 Å². The molecule has 0 saturated carbocycles. The molecule has 96 valence electrons. The van der Waals surface area contributed by atoms with Crippen molar-refractivity contribution in [1.29, 1.82) is 0 Å². The molecule has 2 aromatic heterocycles. The van der Waals surface area contributed by atoms with Crippen LogP contribution >= 0.6 is 11.6 Å². The maximum Gasteiger partial charge on any atom is 0.247 e. The molecule has 0 fully saturated rings. The van der Waals surface area contributed by atoms with Crippen LogP contribution in [0.25, 0.3) is 10.9 Å². The summed E-state index contributed by atoms with van der Waals surface area (Å²) in [5.41, 5.74) is 0.767. The van der Waals surface area contributed by atoms with E-state index in [2.05, 4.69) is 25.6 Å². The second-order valence-corrected chi connectivity index (χ2v) is 4.34. The summed E-state index contributed by atoms with van der Waals surface area (Å²) in [6, 6.07) is 5.29. The number of anilines is 1. The molecule has 0 aliphatic rings. The minimum atomic E-state index is -0.228. The van der Waals surface area contributed by atoms with Gasteiger partial charge in [-0.05, 0) is 18.2 Å². The number of carbonyl (C=O) groups is 1. The minimum absolute atomic E-state index is 0.0853. The first-order valence-electron chi connectivity index (χ1n) is 5.48. The number of hydrogen-bond acceptors (Lipinski definition) is 4. The van der Waals surface area contributed by atoms with Gasteiger partial charge in [-0.2, -0.15) is 10.2 Å². The van der Waals surface area contributed by atoms with Crippen LogP contribution in [0.5, 0.6) is 0 Å². The van der Waals surface area contributed by atoms with Crippen molar-refractivity contribution in [1.82, 2.24) is 25.0 Å². The number of H-pyrrole nitrogens is 1. The summed E-state index contributed by atoms with van der Waals surface area (Å²) in [5.74, 6) is 0.241. The molecule has 2 N–H and O–H groups in total. The number of carbonyl (C=O) groups excluding carboxylic acids is 1. The highest BCUT2D eigenvalue weighted by atomic mass is 35.5. The standard InChI is InChI=1S/C11H9ClN6O/c12-7-1-2-8-9(3-7)16-17-11(8)15-10(19)4-18-6-13-5-14-18/h1-3,5-6H,4H2,(H2,15,16,17,19). The number of halogens is 1. The number of rotatable bonds is 3. The Morgan fingerprint density at radius 2 is 2.37 bits per heavy atom. The van der Waals surface area contributed by atoms with Gasteiger partial charge in [-0.25, -0.2) is 9.67 Å². The van der Waals surface area contributed by atoms with Gasteiger partial charge in [0.2, 0.25) is 5.91 Å². The summed E-state index contributed by atoms with van der Waals surface area (Å²) in [6.07, 6.45) is 2.85. The Morgan fingerprint density at radius 3 is 3.16 bits per heavy atom. The molecule has 0 unspecified atom stereocenters. The van der Waals surface area contributed by atoms with E-state index >= 15 is 0 Å². The van der Waals surface area contributed by atoms with Gasteiger partial charge in [0.05, 0.1) is 5.52 Å². The van der Waals surface area contributed by atoms with Crippen molar-refractivity contribution in [3.05, 3.63) is 35.9 Å². The first-order chi connectivity index (χ1) is 9.22. The SMILES string of the molecule is O=C(Cn1cncn1)Nc1n[nH]c2cc(Cl)ccc12. The highest BCUT2D eigenvalue weighted by Crippen LogP contribution is 2.23. The second-order valence-electron chi connectivity index (χ2n) is 3.90. The molecule has 1 aromatic carbocycles. The van der Waals surface area contributed by atoms with Gasteiger partial charge >= 0.3 is 0 Å². The number of aromatic amines is 1. The Kier molecular flexibility index (Phi) is 2.88. The third kappa shape index (κ3) is 2.41. The van der Waals surface area contributed by atoms with Gasteiger partial charge in [-0.3, -0.25) is 9.89 Å². The van der Waals surface area contributed by atoms with E-state index < -0.39 is 0 Å². The molecule has 3 aromatic rings. The van der Waals surface area contributed by atoms with E-state index in [9.17, 15) is 4.79 Å². The number of nitrogens with zero attached hydrogens (tertiary/aromatic N) is 4. The number of fused-ring (bicyclic) bond motifs is 1. The van der Waals surface area contributed by atoms with Crippen LogP contribution in [-0.2, 0) is 11.3 Å². The van der Waals surface area contributed by atoms with E-state index in [1.54, 1.807) is 18.2 Å². The highest BCUT2D eigenvalue weighted by molar-refractivity contribution is 6.31. The summed E-state index contributed by atoms with van der Waals surface area (Å²) < 4.78 is 1.43. The molecule has 0 saturated heterocycles. The van der Waals surface area contributed by atoms with Crippen molar-refractivity contribution in [3.63, 3.8) is 0 Å². The van der Waals surface area contributed by atoms with Crippen molar-refractivity contribution in [3.8, 4) is 0 Å². The van der Waals surface area contributed by atoms with E-state index in [1.807, 2.05) is 0 Å². The molecule has 0 radical (unpaired) electrons. The Labute approximate surface area is 112 Å². The molecule has 0 aliphatic carbocycles. The number of hydrogen-bond donors (Lipinski definition) is 2. The van der Waals surface area contributed by atoms with Crippen molar-refractivity contribution in [2.75, 3.05) is 5.32 Å². The predicted octanol–water partition coefficient (Wildman–Crippen LogP) is 1.45. The molecule has 0 atom stereocenters. The summed E-state index contributed by atoms with van der Waals surface area (Å²) in [6.45, 7) is 0.0853. The summed E-state index contributed by atoms with van der Waals surface area (Å²) in [4.78, 5) is 15.6. The molecule has 0 bridgehead atoms. The number of aromatic nitrogens is 5. The zero-order valence-electron chi connectivity index (χ0n) is 9.67. The first kappa shape index (κ1) is 11.7. The Hall–Kier alpha value is -2.41. The van der Waals surface area contributed by atoms with Crippen LogP contribution in [0.2, 0.25) is 5.02 Å². The van der Waals surface area contributed by atoms with E-state index in [0.717, 1.165) is 10.9 Å². The fourth-order valence-electron chi connectivity index (χ4n) is 1.72. The summed E-state index contributed by atoms with van der Waals surface area (Å²) in [7, 11) is 0. The van der Waals surface area contributed by atoms with Crippen LogP contribution in [0.3, 0.4) is 0 Å². The Bertz CT molecular complexity index is 720. The number of nitrogens with one attached hydrogen (secondary N) is 2. The van der Waals surface area contributed by atoms with Crippen LogP contribution in [0.15, 0.2) is 30.9 Å². The molecule has 0 aliphatic heterocycles. The Morgan fingerprint density at radius 1 is 1.47 bits per heavy atom. The highest BCUT2D eigenvalue weighted by Gasteiger charge is 2.10. The van der Waals surface area contributed by atoms with Gasteiger partial charge in [0.1, 0.15) is 19.2 Å². The fraction of sp³-hybridized carbons (Fsp3) is 0.0909. The maximum absolute atomic E-state index is 11.8. The molecular formula is C11H9ClN6O. The third-order valence-electron chi connectivity index (χ3n) is 2.55. The lowest BCUT2D eigenvalue weighted by molar-refractivity contribution is -0.116. The molecule has 2 heterocycles. The van der Waals surface area contributed by atoms with Crippen molar-refractivity contribution < 1.29 is 4.79 Å². The molecule has 19 heavy (non-hydrogen) atoms. The van der Waals surface area contributed by atoms with Gasteiger partial charge in [0.25, 0.3) is 0 Å². The quantitative estimate of drug-likeness (QED) is 0.758. The average molecular weight is 277 g/mol. The van der Waals surface area contributed by atoms with Crippen LogP contribution in [0, 0.1) is 0 Å². The van der Waals surface area contributed by atoms with Crippen LogP contribution < -0.4 is 5.32 Å². The molecular weight excluding hydrogens is 268 g/mol. The molecule has 7 nitrogen and oxygen atoms in total.